The first-order valence-electron chi connectivity index (χ1n) is 8.06. The molecule has 0 aliphatic rings. The maximum atomic E-state index is 11.7. The molecule has 0 aromatic heterocycles. The SMILES string of the molecule is CC(C)(C)OC(=O)NCCCC[C@H](NC(=O)OC(C)(C)C)C(N)=O. The van der Waals surface area contributed by atoms with Crippen LogP contribution in [0.5, 0.6) is 0 Å². The number of unbranched alkanes of at least 4 members (excludes halogenated alkanes) is 1. The molecule has 24 heavy (non-hydrogen) atoms. The van der Waals surface area contributed by atoms with Crippen LogP contribution >= 0.6 is 0 Å². The van der Waals surface area contributed by atoms with Crippen LogP contribution in [0.3, 0.4) is 0 Å². The molecule has 0 aliphatic carbocycles. The molecule has 0 unspecified atom stereocenters. The second-order valence-corrected chi connectivity index (χ2v) is 7.53. The molecule has 0 rings (SSSR count). The summed E-state index contributed by atoms with van der Waals surface area (Å²) in [6.45, 7) is 11.0. The molecule has 140 valence electrons. The lowest BCUT2D eigenvalue weighted by Gasteiger charge is -2.22. The highest BCUT2D eigenvalue weighted by Crippen LogP contribution is 2.09. The maximum absolute atomic E-state index is 11.7. The van der Waals surface area contributed by atoms with E-state index in [9.17, 15) is 14.4 Å². The highest BCUT2D eigenvalue weighted by atomic mass is 16.6. The lowest BCUT2D eigenvalue weighted by atomic mass is 10.1. The summed E-state index contributed by atoms with van der Waals surface area (Å²) in [7, 11) is 0. The Labute approximate surface area is 143 Å². The van der Waals surface area contributed by atoms with E-state index < -0.39 is 35.3 Å². The smallest absolute Gasteiger partial charge is 0.408 e. The van der Waals surface area contributed by atoms with Crippen molar-refractivity contribution >= 4 is 18.1 Å². The van der Waals surface area contributed by atoms with Gasteiger partial charge in [0.15, 0.2) is 0 Å². The average molecular weight is 345 g/mol. The van der Waals surface area contributed by atoms with E-state index in [-0.39, 0.29) is 0 Å². The third-order valence-corrected chi connectivity index (χ3v) is 2.62. The lowest BCUT2D eigenvalue weighted by molar-refractivity contribution is -0.120. The van der Waals surface area contributed by atoms with Crippen LogP contribution < -0.4 is 16.4 Å². The van der Waals surface area contributed by atoms with Gasteiger partial charge in [-0.3, -0.25) is 4.79 Å². The molecule has 0 radical (unpaired) electrons. The van der Waals surface area contributed by atoms with Crippen molar-refractivity contribution in [2.75, 3.05) is 6.54 Å². The summed E-state index contributed by atoms with van der Waals surface area (Å²) >= 11 is 0. The van der Waals surface area contributed by atoms with Gasteiger partial charge in [0.1, 0.15) is 17.2 Å². The van der Waals surface area contributed by atoms with Crippen LogP contribution in [0.1, 0.15) is 60.8 Å². The van der Waals surface area contributed by atoms with Crippen molar-refractivity contribution in [2.24, 2.45) is 5.73 Å². The topological polar surface area (TPSA) is 120 Å². The van der Waals surface area contributed by atoms with Crippen molar-refractivity contribution in [1.29, 1.82) is 0 Å². The molecule has 8 nitrogen and oxygen atoms in total. The van der Waals surface area contributed by atoms with Crippen molar-refractivity contribution < 1.29 is 23.9 Å². The van der Waals surface area contributed by atoms with Crippen molar-refractivity contribution in [2.45, 2.75) is 78.0 Å². The van der Waals surface area contributed by atoms with E-state index in [2.05, 4.69) is 10.6 Å². The summed E-state index contributed by atoms with van der Waals surface area (Å²) in [6, 6.07) is -0.804. The third-order valence-electron chi connectivity index (χ3n) is 2.62. The van der Waals surface area contributed by atoms with Crippen LogP contribution in [0.25, 0.3) is 0 Å². The molecule has 8 heteroatoms. The van der Waals surface area contributed by atoms with Gasteiger partial charge in [-0.15, -0.1) is 0 Å². The van der Waals surface area contributed by atoms with Crippen LogP contribution in [-0.2, 0) is 14.3 Å². The molecule has 0 heterocycles. The van der Waals surface area contributed by atoms with Gasteiger partial charge in [0.05, 0.1) is 0 Å². The zero-order valence-corrected chi connectivity index (χ0v) is 15.5. The molecule has 0 fully saturated rings. The predicted octanol–water partition coefficient (Wildman–Crippen LogP) is 2.06. The van der Waals surface area contributed by atoms with Crippen LogP contribution in [0.4, 0.5) is 9.59 Å². The van der Waals surface area contributed by atoms with Crippen molar-refractivity contribution in [3.05, 3.63) is 0 Å². The van der Waals surface area contributed by atoms with Gasteiger partial charge in [-0.2, -0.15) is 0 Å². The Hall–Kier alpha value is -1.99. The minimum absolute atomic E-state index is 0.366. The van der Waals surface area contributed by atoms with Gasteiger partial charge >= 0.3 is 12.2 Å². The van der Waals surface area contributed by atoms with E-state index in [1.807, 2.05) is 0 Å². The molecular weight excluding hydrogens is 314 g/mol. The number of ether oxygens (including phenoxy) is 2. The quantitative estimate of drug-likeness (QED) is 0.610. The number of nitrogens with two attached hydrogens (primary N) is 1. The van der Waals surface area contributed by atoms with Crippen molar-refractivity contribution in [3.8, 4) is 0 Å². The fourth-order valence-electron chi connectivity index (χ4n) is 1.71. The van der Waals surface area contributed by atoms with Crippen LogP contribution in [-0.4, -0.2) is 41.9 Å². The van der Waals surface area contributed by atoms with Gasteiger partial charge in [-0.1, -0.05) is 0 Å². The number of carbonyl (C=O) groups is 3. The zero-order chi connectivity index (χ0) is 19.0. The Kier molecular flexibility index (Phi) is 8.57. The molecule has 0 aromatic carbocycles. The summed E-state index contributed by atoms with van der Waals surface area (Å²) in [5, 5.41) is 5.08. The van der Waals surface area contributed by atoms with Gasteiger partial charge < -0.3 is 25.8 Å². The molecule has 0 saturated heterocycles. The molecule has 1 atom stereocenters. The van der Waals surface area contributed by atoms with Gasteiger partial charge in [-0.05, 0) is 60.8 Å². The largest absolute Gasteiger partial charge is 0.444 e. The minimum Gasteiger partial charge on any atom is -0.444 e. The van der Waals surface area contributed by atoms with E-state index in [0.29, 0.717) is 25.8 Å². The highest BCUT2D eigenvalue weighted by molar-refractivity contribution is 5.84. The Bertz CT molecular complexity index is 438. The summed E-state index contributed by atoms with van der Waals surface area (Å²) in [6.07, 6.45) is 0.419. The van der Waals surface area contributed by atoms with Gasteiger partial charge in [0.2, 0.25) is 5.91 Å². The molecule has 0 spiro atoms. The number of amides is 3. The molecule has 3 amide bonds. The van der Waals surface area contributed by atoms with Crippen LogP contribution in [0.2, 0.25) is 0 Å². The number of rotatable bonds is 7. The van der Waals surface area contributed by atoms with E-state index >= 15 is 0 Å². The van der Waals surface area contributed by atoms with E-state index in [1.54, 1.807) is 41.5 Å². The number of alkyl carbamates (subject to hydrolysis) is 2. The summed E-state index contributed by atoms with van der Waals surface area (Å²) < 4.78 is 10.2. The Morgan fingerprint density at radius 1 is 0.917 bits per heavy atom. The highest BCUT2D eigenvalue weighted by Gasteiger charge is 2.22. The minimum atomic E-state index is -0.804. The van der Waals surface area contributed by atoms with Gasteiger partial charge in [0.25, 0.3) is 0 Å². The normalized spacial score (nSPS) is 12.9. The van der Waals surface area contributed by atoms with Crippen molar-refractivity contribution in [1.82, 2.24) is 10.6 Å². The maximum Gasteiger partial charge on any atom is 0.408 e. The first-order valence-corrected chi connectivity index (χ1v) is 8.06. The molecule has 4 N–H and O–H groups in total. The van der Waals surface area contributed by atoms with Gasteiger partial charge in [0, 0.05) is 6.54 Å². The Morgan fingerprint density at radius 2 is 1.42 bits per heavy atom. The number of nitrogens with one attached hydrogen (secondary N) is 2. The Morgan fingerprint density at radius 3 is 1.88 bits per heavy atom. The van der Waals surface area contributed by atoms with Crippen molar-refractivity contribution in [3.63, 3.8) is 0 Å². The second kappa shape index (κ2) is 9.34. The second-order valence-electron chi connectivity index (χ2n) is 7.53. The van der Waals surface area contributed by atoms with E-state index in [1.165, 1.54) is 0 Å². The fraction of sp³-hybridized carbons (Fsp3) is 0.812. The molecular formula is C16H31N3O5. The molecule has 0 aromatic rings. The number of carbonyl (C=O) groups excluding carboxylic acids is 3. The standard InChI is InChI=1S/C16H31N3O5/c1-15(2,3)23-13(21)18-10-8-7-9-11(12(17)20)19-14(22)24-16(4,5)6/h11H,7-10H2,1-6H3,(H2,17,20)(H,18,21)(H,19,22)/t11-/m0/s1. The zero-order valence-electron chi connectivity index (χ0n) is 15.5. The monoisotopic (exact) mass is 345 g/mol. The van der Waals surface area contributed by atoms with E-state index in [0.717, 1.165) is 0 Å². The molecule has 0 bridgehead atoms. The number of hydrogen-bond donors (Lipinski definition) is 3. The molecule has 0 saturated carbocycles. The third kappa shape index (κ3) is 12.5. The Balaban J connectivity index is 4.09. The first-order chi connectivity index (χ1) is 10.8. The summed E-state index contributed by atoms with van der Waals surface area (Å²) in [5.74, 6) is -0.624. The van der Waals surface area contributed by atoms with Gasteiger partial charge in [-0.25, -0.2) is 9.59 Å². The number of primary amides is 1. The summed E-state index contributed by atoms with van der Waals surface area (Å²) in [5.41, 5.74) is 4.09. The fourth-order valence-corrected chi connectivity index (χ4v) is 1.71. The number of hydrogen-bond acceptors (Lipinski definition) is 5. The predicted molar refractivity (Wildman–Crippen MR) is 90.4 cm³/mol. The first kappa shape index (κ1) is 22.0. The average Bonchev–Trinajstić information content (AvgIpc) is 2.32. The van der Waals surface area contributed by atoms with E-state index in [4.69, 9.17) is 15.2 Å². The lowest BCUT2D eigenvalue weighted by Crippen LogP contribution is -2.46. The van der Waals surface area contributed by atoms with Crippen LogP contribution in [0, 0.1) is 0 Å². The van der Waals surface area contributed by atoms with Crippen LogP contribution in [0.15, 0.2) is 0 Å². The molecule has 0 aliphatic heterocycles. The summed E-state index contributed by atoms with van der Waals surface area (Å²) in [4.78, 5) is 34.5.